The van der Waals surface area contributed by atoms with Crippen LogP contribution in [0, 0.1) is 0 Å². The lowest BCUT2D eigenvalue weighted by molar-refractivity contribution is -0.120. The summed E-state index contributed by atoms with van der Waals surface area (Å²) in [6.45, 7) is 3.66. The number of hydrogen-bond donors (Lipinski definition) is 1. The maximum absolute atomic E-state index is 13.4. The third kappa shape index (κ3) is 5.54. The Hall–Kier alpha value is -3.03. The summed E-state index contributed by atoms with van der Waals surface area (Å²) in [6.07, 6.45) is 2.42. The first kappa shape index (κ1) is 24.1. The van der Waals surface area contributed by atoms with E-state index < -0.39 is 15.9 Å². The average molecular weight is 498 g/mol. The van der Waals surface area contributed by atoms with Crippen LogP contribution in [0.2, 0.25) is 5.02 Å². The number of carbonyl (C=O) groups excluding carboxylic acids is 1. The van der Waals surface area contributed by atoms with Crippen molar-refractivity contribution in [3.8, 4) is 0 Å². The zero-order valence-corrected chi connectivity index (χ0v) is 20.6. The van der Waals surface area contributed by atoms with Gasteiger partial charge in [-0.15, -0.1) is 0 Å². The molecule has 1 amide bonds. The molecule has 6 nitrogen and oxygen atoms in total. The first-order valence-electron chi connectivity index (χ1n) is 11.3. The summed E-state index contributed by atoms with van der Waals surface area (Å²) in [4.78, 5) is 15.4. The van der Waals surface area contributed by atoms with Crippen LogP contribution >= 0.6 is 11.6 Å². The third-order valence-electron chi connectivity index (χ3n) is 5.96. The van der Waals surface area contributed by atoms with Gasteiger partial charge in [-0.05, 0) is 67.8 Å². The van der Waals surface area contributed by atoms with Gasteiger partial charge in [0, 0.05) is 23.8 Å². The number of amides is 1. The predicted octanol–water partition coefficient (Wildman–Crippen LogP) is 5.01. The number of benzene rings is 3. The van der Waals surface area contributed by atoms with Crippen molar-refractivity contribution in [2.45, 2.75) is 30.7 Å². The van der Waals surface area contributed by atoms with Gasteiger partial charge in [0.2, 0.25) is 5.91 Å². The zero-order valence-electron chi connectivity index (χ0n) is 19.0. The number of rotatable bonds is 8. The topological polar surface area (TPSA) is 69.7 Å². The number of carbonyl (C=O) groups is 1. The molecule has 1 heterocycles. The highest BCUT2D eigenvalue weighted by Crippen LogP contribution is 2.27. The summed E-state index contributed by atoms with van der Waals surface area (Å²) in [5, 5.41) is 3.32. The van der Waals surface area contributed by atoms with Crippen LogP contribution in [-0.4, -0.2) is 34.0 Å². The van der Waals surface area contributed by atoms with Crippen molar-refractivity contribution in [2.75, 3.05) is 28.8 Å². The molecule has 1 aliphatic rings. The summed E-state index contributed by atoms with van der Waals surface area (Å²) in [6, 6.07) is 22.4. The minimum Gasteiger partial charge on any atom is -0.372 e. The smallest absolute Gasteiger partial charge is 0.264 e. The summed E-state index contributed by atoms with van der Waals surface area (Å²) in [7, 11) is -3.97. The molecule has 1 atom stereocenters. The van der Waals surface area contributed by atoms with E-state index in [1.54, 1.807) is 36.4 Å². The lowest BCUT2D eigenvalue weighted by Crippen LogP contribution is -2.41. The van der Waals surface area contributed by atoms with Gasteiger partial charge in [0.15, 0.2) is 0 Å². The Morgan fingerprint density at radius 2 is 1.68 bits per heavy atom. The molecule has 3 aromatic rings. The molecule has 4 rings (SSSR count). The molecule has 1 aliphatic heterocycles. The van der Waals surface area contributed by atoms with Gasteiger partial charge in [0.1, 0.15) is 6.54 Å². The second-order valence-corrected chi connectivity index (χ2v) is 10.7. The Balaban J connectivity index is 1.51. The molecule has 0 aromatic heterocycles. The van der Waals surface area contributed by atoms with E-state index in [4.69, 9.17) is 11.6 Å². The lowest BCUT2D eigenvalue weighted by Gasteiger charge is -2.25. The van der Waals surface area contributed by atoms with Crippen LogP contribution in [0.4, 0.5) is 11.4 Å². The van der Waals surface area contributed by atoms with Gasteiger partial charge in [-0.25, -0.2) is 8.42 Å². The van der Waals surface area contributed by atoms with Crippen LogP contribution in [0.5, 0.6) is 0 Å². The molecule has 0 saturated carbocycles. The maximum Gasteiger partial charge on any atom is 0.264 e. The molecular weight excluding hydrogens is 470 g/mol. The fourth-order valence-electron chi connectivity index (χ4n) is 4.12. The highest BCUT2D eigenvalue weighted by Gasteiger charge is 2.27. The average Bonchev–Trinajstić information content (AvgIpc) is 3.38. The minimum absolute atomic E-state index is 0.105. The normalized spacial score (nSPS) is 14.6. The van der Waals surface area contributed by atoms with Crippen LogP contribution in [-0.2, 0) is 14.8 Å². The molecule has 0 bridgehead atoms. The van der Waals surface area contributed by atoms with Crippen LogP contribution < -0.4 is 14.5 Å². The zero-order chi connectivity index (χ0) is 24.1. The predicted molar refractivity (Wildman–Crippen MR) is 137 cm³/mol. The van der Waals surface area contributed by atoms with E-state index in [2.05, 4.69) is 22.3 Å². The van der Waals surface area contributed by atoms with Crippen LogP contribution in [0.15, 0.2) is 83.8 Å². The third-order valence-corrected chi connectivity index (χ3v) is 7.98. The van der Waals surface area contributed by atoms with Crippen molar-refractivity contribution in [1.82, 2.24) is 5.32 Å². The monoisotopic (exact) mass is 497 g/mol. The minimum atomic E-state index is -3.97. The molecule has 1 N–H and O–H groups in total. The van der Waals surface area contributed by atoms with Gasteiger partial charge in [0.25, 0.3) is 10.0 Å². The fraction of sp³-hybridized carbons (Fsp3) is 0.269. The van der Waals surface area contributed by atoms with Gasteiger partial charge in [0.05, 0.1) is 16.6 Å². The Kier molecular flexibility index (Phi) is 7.44. The molecule has 8 heteroatoms. The Bertz CT molecular complexity index is 1230. The molecule has 1 unspecified atom stereocenters. The second kappa shape index (κ2) is 10.5. The van der Waals surface area contributed by atoms with Crippen molar-refractivity contribution >= 4 is 38.9 Å². The number of nitrogens with zero attached hydrogens (tertiary/aromatic N) is 2. The SMILES string of the molecule is CC(NC(=O)CN(c1cccc(Cl)c1)S(=O)(=O)c1ccccc1)c1ccc(N2CCCC2)cc1. The van der Waals surface area contributed by atoms with E-state index in [1.165, 1.54) is 36.7 Å². The molecule has 1 saturated heterocycles. The number of sulfonamides is 1. The largest absolute Gasteiger partial charge is 0.372 e. The Morgan fingerprint density at radius 3 is 2.32 bits per heavy atom. The maximum atomic E-state index is 13.4. The van der Waals surface area contributed by atoms with E-state index in [0.717, 1.165) is 23.0 Å². The van der Waals surface area contributed by atoms with Crippen LogP contribution in [0.3, 0.4) is 0 Å². The molecule has 0 radical (unpaired) electrons. The van der Waals surface area contributed by atoms with E-state index in [9.17, 15) is 13.2 Å². The summed E-state index contributed by atoms with van der Waals surface area (Å²) in [5.74, 6) is -0.407. The van der Waals surface area contributed by atoms with E-state index in [0.29, 0.717) is 10.7 Å². The van der Waals surface area contributed by atoms with Crippen LogP contribution in [0.25, 0.3) is 0 Å². The number of anilines is 2. The first-order valence-corrected chi connectivity index (χ1v) is 13.1. The van der Waals surface area contributed by atoms with E-state index in [-0.39, 0.29) is 17.5 Å². The van der Waals surface area contributed by atoms with E-state index >= 15 is 0 Å². The fourth-order valence-corrected chi connectivity index (χ4v) is 5.73. The number of nitrogens with one attached hydrogen (secondary N) is 1. The number of halogens is 1. The van der Waals surface area contributed by atoms with E-state index in [1.807, 2.05) is 19.1 Å². The lowest BCUT2D eigenvalue weighted by atomic mass is 10.1. The van der Waals surface area contributed by atoms with Crippen molar-refractivity contribution in [2.24, 2.45) is 0 Å². The highest BCUT2D eigenvalue weighted by molar-refractivity contribution is 7.92. The van der Waals surface area contributed by atoms with Gasteiger partial charge >= 0.3 is 0 Å². The highest BCUT2D eigenvalue weighted by atomic mass is 35.5. The van der Waals surface area contributed by atoms with Gasteiger partial charge in [-0.2, -0.15) is 0 Å². The summed E-state index contributed by atoms with van der Waals surface area (Å²) < 4.78 is 27.9. The second-order valence-electron chi connectivity index (χ2n) is 8.38. The summed E-state index contributed by atoms with van der Waals surface area (Å²) >= 11 is 6.12. The van der Waals surface area contributed by atoms with Gasteiger partial charge in [-0.3, -0.25) is 9.10 Å². The standard InChI is InChI=1S/C26H28ClN3O3S/c1-20(21-12-14-23(15-13-21)29-16-5-6-17-29)28-26(31)19-30(24-9-7-8-22(27)18-24)34(32,33)25-10-3-2-4-11-25/h2-4,7-15,18,20H,5-6,16-17,19H2,1H3,(H,28,31). The molecule has 1 fully saturated rings. The molecule has 0 spiro atoms. The van der Waals surface area contributed by atoms with Crippen molar-refractivity contribution < 1.29 is 13.2 Å². The van der Waals surface area contributed by atoms with Crippen molar-refractivity contribution in [3.05, 3.63) is 89.4 Å². The Morgan fingerprint density at radius 1 is 1.00 bits per heavy atom. The molecule has 178 valence electrons. The van der Waals surface area contributed by atoms with Crippen LogP contribution in [0.1, 0.15) is 31.4 Å². The van der Waals surface area contributed by atoms with Gasteiger partial charge in [-0.1, -0.05) is 48.0 Å². The summed E-state index contributed by atoms with van der Waals surface area (Å²) in [5.41, 5.74) is 2.46. The van der Waals surface area contributed by atoms with Crippen molar-refractivity contribution in [1.29, 1.82) is 0 Å². The van der Waals surface area contributed by atoms with Crippen molar-refractivity contribution in [3.63, 3.8) is 0 Å². The first-order chi connectivity index (χ1) is 16.3. The molecule has 3 aromatic carbocycles. The molecular formula is C26H28ClN3O3S. The number of hydrogen-bond acceptors (Lipinski definition) is 4. The Labute approximate surface area is 206 Å². The molecule has 34 heavy (non-hydrogen) atoms. The van der Waals surface area contributed by atoms with Gasteiger partial charge < -0.3 is 10.2 Å². The molecule has 0 aliphatic carbocycles. The quantitative estimate of drug-likeness (QED) is 0.474.